The Kier molecular flexibility index (Phi) is 4.09. The van der Waals surface area contributed by atoms with Crippen LogP contribution in [0, 0.1) is 6.92 Å². The first kappa shape index (κ1) is 13.5. The van der Waals surface area contributed by atoms with Crippen LogP contribution in [-0.4, -0.2) is 27.8 Å². The largest absolute Gasteiger partial charge is 0.485 e. The van der Waals surface area contributed by atoms with Gasteiger partial charge < -0.3 is 4.74 Å². The topological polar surface area (TPSA) is 39.9 Å². The second kappa shape index (κ2) is 5.77. The molecule has 19 heavy (non-hydrogen) atoms. The van der Waals surface area contributed by atoms with Gasteiger partial charge in [0, 0.05) is 0 Å². The van der Waals surface area contributed by atoms with Crippen molar-refractivity contribution in [3.8, 4) is 11.4 Å². The highest BCUT2D eigenvalue weighted by atomic mass is 19.3. The third kappa shape index (κ3) is 3.27. The molecule has 0 unspecified atom stereocenters. The molecule has 0 bridgehead atoms. The molecule has 0 aliphatic heterocycles. The second-order valence-corrected chi connectivity index (χ2v) is 4.09. The smallest absolute Gasteiger partial charge is 0.272 e. The van der Waals surface area contributed by atoms with Gasteiger partial charge in [0.1, 0.15) is 30.2 Å². The van der Waals surface area contributed by atoms with Gasteiger partial charge >= 0.3 is 0 Å². The predicted molar refractivity (Wildman–Crippen MR) is 67.0 cm³/mol. The van der Waals surface area contributed by atoms with Crippen molar-refractivity contribution in [3.05, 3.63) is 35.9 Å². The number of aryl methyl sites for hydroxylation is 2. The number of ether oxygens (including phenoxy) is 1. The first-order valence-electron chi connectivity index (χ1n) is 6.02. The van der Waals surface area contributed by atoms with Crippen LogP contribution >= 0.6 is 0 Å². The molecule has 1 aromatic carbocycles. The molecule has 0 saturated carbocycles. The lowest BCUT2D eigenvalue weighted by Crippen LogP contribution is -2.09. The Bertz CT molecular complexity index is 555. The van der Waals surface area contributed by atoms with Gasteiger partial charge in [-0.3, -0.25) is 0 Å². The molecule has 0 aliphatic carbocycles. The number of nitrogens with zero attached hydrogens (tertiary/aromatic N) is 3. The first-order valence-corrected chi connectivity index (χ1v) is 6.02. The lowest BCUT2D eigenvalue weighted by atomic mass is 10.1. The third-order valence-electron chi connectivity index (χ3n) is 2.65. The van der Waals surface area contributed by atoms with Gasteiger partial charge in [-0.1, -0.05) is 13.0 Å². The highest BCUT2D eigenvalue weighted by molar-refractivity contribution is 5.48. The normalized spacial score (nSPS) is 11.0. The zero-order valence-corrected chi connectivity index (χ0v) is 10.8. The van der Waals surface area contributed by atoms with Crippen LogP contribution in [0.15, 0.2) is 24.5 Å². The lowest BCUT2D eigenvalue weighted by molar-refractivity contribution is 0.0818. The first-order chi connectivity index (χ1) is 9.10. The van der Waals surface area contributed by atoms with E-state index >= 15 is 0 Å². The van der Waals surface area contributed by atoms with E-state index in [-0.39, 0.29) is 0 Å². The van der Waals surface area contributed by atoms with Gasteiger partial charge in [-0.25, -0.2) is 18.4 Å². The van der Waals surface area contributed by atoms with Gasteiger partial charge in [0.15, 0.2) is 0 Å². The maximum absolute atomic E-state index is 12.3. The molecule has 0 fully saturated rings. The van der Waals surface area contributed by atoms with Crippen molar-refractivity contribution in [2.45, 2.75) is 26.7 Å². The standard InChI is InChI=1S/C13H15F2N3O/c1-3-10-4-5-11(18-8-16-9(2)17-18)12(6-10)19-7-13(14)15/h4-6,8,13H,3,7H2,1-2H3. The Hall–Kier alpha value is -1.98. The van der Waals surface area contributed by atoms with Crippen molar-refractivity contribution in [1.29, 1.82) is 0 Å². The summed E-state index contributed by atoms with van der Waals surface area (Å²) in [6, 6.07) is 5.48. The van der Waals surface area contributed by atoms with Gasteiger partial charge in [-0.2, -0.15) is 5.10 Å². The summed E-state index contributed by atoms with van der Waals surface area (Å²) < 4.78 is 31.3. The molecule has 4 nitrogen and oxygen atoms in total. The van der Waals surface area contributed by atoms with Crippen LogP contribution in [0.3, 0.4) is 0 Å². The SMILES string of the molecule is CCc1ccc(-n2cnc(C)n2)c(OCC(F)F)c1. The Morgan fingerprint density at radius 3 is 2.74 bits per heavy atom. The Balaban J connectivity index is 2.35. The molecule has 0 radical (unpaired) electrons. The van der Waals surface area contributed by atoms with Crippen molar-refractivity contribution >= 4 is 0 Å². The minimum absolute atomic E-state index is 0.393. The number of rotatable bonds is 5. The van der Waals surface area contributed by atoms with Crippen molar-refractivity contribution in [2.24, 2.45) is 0 Å². The molecule has 102 valence electrons. The van der Waals surface area contributed by atoms with Crippen LogP contribution in [0.5, 0.6) is 5.75 Å². The summed E-state index contributed by atoms with van der Waals surface area (Å²) in [5, 5.41) is 4.16. The van der Waals surface area contributed by atoms with E-state index in [1.165, 1.54) is 11.0 Å². The van der Waals surface area contributed by atoms with Gasteiger partial charge in [0.05, 0.1) is 0 Å². The van der Waals surface area contributed by atoms with Gasteiger partial charge in [0.2, 0.25) is 0 Å². The van der Waals surface area contributed by atoms with Gasteiger partial charge in [0.25, 0.3) is 6.43 Å². The number of halogens is 2. The summed E-state index contributed by atoms with van der Waals surface area (Å²) >= 11 is 0. The molecule has 0 spiro atoms. The van der Waals surface area contributed by atoms with Crippen LogP contribution in [0.25, 0.3) is 5.69 Å². The van der Waals surface area contributed by atoms with Crippen LogP contribution in [0.1, 0.15) is 18.3 Å². The molecule has 2 rings (SSSR count). The summed E-state index contributed by atoms with van der Waals surface area (Å²) in [4.78, 5) is 4.02. The van der Waals surface area contributed by atoms with Crippen molar-refractivity contribution in [1.82, 2.24) is 14.8 Å². The lowest BCUT2D eigenvalue weighted by Gasteiger charge is -2.12. The van der Waals surface area contributed by atoms with Crippen molar-refractivity contribution in [3.63, 3.8) is 0 Å². The van der Waals surface area contributed by atoms with E-state index in [4.69, 9.17) is 4.74 Å². The van der Waals surface area contributed by atoms with Crippen LogP contribution in [0.4, 0.5) is 8.78 Å². The average molecular weight is 267 g/mol. The molecule has 0 amide bonds. The van der Waals surface area contributed by atoms with Gasteiger partial charge in [-0.15, -0.1) is 0 Å². The molecule has 1 aromatic heterocycles. The number of aromatic nitrogens is 3. The number of hydrogen-bond donors (Lipinski definition) is 0. The summed E-state index contributed by atoms with van der Waals surface area (Å²) in [5.41, 5.74) is 1.63. The number of hydrogen-bond acceptors (Lipinski definition) is 3. The summed E-state index contributed by atoms with van der Waals surface area (Å²) in [5.74, 6) is 1.00. The van der Waals surface area contributed by atoms with E-state index in [9.17, 15) is 8.78 Å². The molecule has 0 N–H and O–H groups in total. The molecule has 2 aromatic rings. The van der Waals surface area contributed by atoms with E-state index in [1.807, 2.05) is 13.0 Å². The molecule has 0 atom stereocenters. The molecule has 1 heterocycles. The highest BCUT2D eigenvalue weighted by Gasteiger charge is 2.11. The summed E-state index contributed by atoms with van der Waals surface area (Å²) in [7, 11) is 0. The van der Waals surface area contributed by atoms with Crippen LogP contribution < -0.4 is 4.74 Å². The van der Waals surface area contributed by atoms with E-state index in [2.05, 4.69) is 10.1 Å². The van der Waals surface area contributed by atoms with E-state index in [0.717, 1.165) is 12.0 Å². The third-order valence-corrected chi connectivity index (χ3v) is 2.65. The minimum Gasteiger partial charge on any atom is -0.485 e. The number of alkyl halides is 2. The quantitative estimate of drug-likeness (QED) is 0.836. The zero-order chi connectivity index (χ0) is 13.8. The van der Waals surface area contributed by atoms with Gasteiger partial charge in [-0.05, 0) is 31.0 Å². The van der Waals surface area contributed by atoms with Crippen LogP contribution in [-0.2, 0) is 6.42 Å². The summed E-state index contributed by atoms with van der Waals surface area (Å²) in [6.07, 6.45) is -0.164. The number of benzene rings is 1. The monoisotopic (exact) mass is 267 g/mol. The van der Waals surface area contributed by atoms with Crippen molar-refractivity contribution < 1.29 is 13.5 Å². The van der Waals surface area contributed by atoms with Crippen LogP contribution in [0.2, 0.25) is 0 Å². The molecule has 0 saturated heterocycles. The van der Waals surface area contributed by atoms with Crippen molar-refractivity contribution in [2.75, 3.05) is 6.61 Å². The van der Waals surface area contributed by atoms with E-state index in [0.29, 0.717) is 17.3 Å². The maximum Gasteiger partial charge on any atom is 0.272 e. The fourth-order valence-corrected chi connectivity index (χ4v) is 1.70. The molecular weight excluding hydrogens is 252 g/mol. The molecule has 0 aliphatic rings. The Morgan fingerprint density at radius 2 is 2.16 bits per heavy atom. The summed E-state index contributed by atoms with van der Waals surface area (Å²) in [6.45, 7) is 3.12. The Labute approximate surface area is 110 Å². The van der Waals surface area contributed by atoms with E-state index < -0.39 is 13.0 Å². The fraction of sp³-hybridized carbons (Fsp3) is 0.385. The molecular formula is C13H15F2N3O. The predicted octanol–water partition coefficient (Wildman–Crippen LogP) is 2.78. The fourth-order valence-electron chi connectivity index (χ4n) is 1.70. The highest BCUT2D eigenvalue weighted by Crippen LogP contribution is 2.24. The minimum atomic E-state index is -2.50. The second-order valence-electron chi connectivity index (χ2n) is 4.09. The van der Waals surface area contributed by atoms with E-state index in [1.54, 1.807) is 19.1 Å². The zero-order valence-electron chi connectivity index (χ0n) is 10.8. The maximum atomic E-state index is 12.3. The molecule has 6 heteroatoms. The Morgan fingerprint density at radius 1 is 1.37 bits per heavy atom. The average Bonchev–Trinajstić information content (AvgIpc) is 2.82.